The topological polar surface area (TPSA) is 12.0 Å². The fourth-order valence-electron chi connectivity index (χ4n) is 1.81. The third kappa shape index (κ3) is 3.50. The highest BCUT2D eigenvalue weighted by molar-refractivity contribution is 9.11. The van der Waals surface area contributed by atoms with Crippen LogP contribution in [0.15, 0.2) is 28.1 Å². The molecular formula is C13H11BrCl2FNS. The largest absolute Gasteiger partial charge is 0.306 e. The second-order valence-corrected chi connectivity index (χ2v) is 7.17. The van der Waals surface area contributed by atoms with Crippen molar-refractivity contribution in [3.8, 4) is 0 Å². The first-order valence-corrected chi connectivity index (χ1v) is 8.02. The van der Waals surface area contributed by atoms with Gasteiger partial charge in [0.2, 0.25) is 0 Å². The maximum Gasteiger partial charge on any atom is 0.129 e. The van der Waals surface area contributed by atoms with Gasteiger partial charge in [-0.2, -0.15) is 0 Å². The molecule has 1 heterocycles. The number of benzene rings is 1. The van der Waals surface area contributed by atoms with Crippen molar-refractivity contribution in [3.63, 3.8) is 0 Å². The molecule has 0 radical (unpaired) electrons. The zero-order chi connectivity index (χ0) is 14.0. The van der Waals surface area contributed by atoms with E-state index in [0.29, 0.717) is 15.6 Å². The van der Waals surface area contributed by atoms with E-state index in [1.54, 1.807) is 12.1 Å². The van der Waals surface area contributed by atoms with Crippen LogP contribution in [0.2, 0.25) is 10.0 Å². The van der Waals surface area contributed by atoms with E-state index >= 15 is 0 Å². The lowest BCUT2D eigenvalue weighted by atomic mass is 10.0. The Morgan fingerprint density at radius 3 is 2.63 bits per heavy atom. The lowest BCUT2D eigenvalue weighted by Crippen LogP contribution is -2.22. The van der Waals surface area contributed by atoms with Crippen molar-refractivity contribution in [3.05, 3.63) is 54.4 Å². The number of hydrogen-bond donors (Lipinski definition) is 1. The van der Waals surface area contributed by atoms with Crippen LogP contribution in [0.25, 0.3) is 0 Å². The van der Waals surface area contributed by atoms with Gasteiger partial charge in [0.25, 0.3) is 0 Å². The van der Waals surface area contributed by atoms with Crippen LogP contribution in [-0.4, -0.2) is 6.54 Å². The summed E-state index contributed by atoms with van der Waals surface area (Å²) in [5.41, 5.74) is 0.566. The van der Waals surface area contributed by atoms with Crippen LogP contribution in [0.1, 0.15) is 23.4 Å². The molecule has 1 unspecified atom stereocenters. The van der Waals surface area contributed by atoms with Crippen LogP contribution in [0, 0.1) is 5.82 Å². The molecule has 1 N–H and O–H groups in total. The van der Waals surface area contributed by atoms with E-state index in [1.165, 1.54) is 17.4 Å². The fourth-order valence-corrected chi connectivity index (χ4v) is 3.81. The van der Waals surface area contributed by atoms with Gasteiger partial charge in [0.1, 0.15) is 5.82 Å². The van der Waals surface area contributed by atoms with Gasteiger partial charge in [-0.25, -0.2) is 4.39 Å². The third-order valence-electron chi connectivity index (χ3n) is 2.63. The molecule has 102 valence electrons. The zero-order valence-electron chi connectivity index (χ0n) is 10.0. The van der Waals surface area contributed by atoms with Gasteiger partial charge in [0.05, 0.1) is 14.9 Å². The van der Waals surface area contributed by atoms with E-state index in [4.69, 9.17) is 23.2 Å². The Morgan fingerprint density at radius 1 is 1.37 bits per heavy atom. The molecule has 0 amide bonds. The summed E-state index contributed by atoms with van der Waals surface area (Å²) in [5, 5.41) is 4.29. The smallest absolute Gasteiger partial charge is 0.129 e. The minimum Gasteiger partial charge on any atom is -0.306 e. The van der Waals surface area contributed by atoms with E-state index in [2.05, 4.69) is 21.2 Å². The van der Waals surface area contributed by atoms with Crippen molar-refractivity contribution in [2.45, 2.75) is 13.0 Å². The molecular weight excluding hydrogens is 372 g/mol. The summed E-state index contributed by atoms with van der Waals surface area (Å²) in [6.07, 6.45) is 0. The van der Waals surface area contributed by atoms with Crippen molar-refractivity contribution in [2.75, 3.05) is 6.54 Å². The van der Waals surface area contributed by atoms with Crippen LogP contribution in [0.5, 0.6) is 0 Å². The molecule has 0 fully saturated rings. The second-order valence-electron chi connectivity index (χ2n) is 3.93. The van der Waals surface area contributed by atoms with Gasteiger partial charge in [-0.1, -0.05) is 36.2 Å². The average Bonchev–Trinajstić information content (AvgIpc) is 2.67. The minimum absolute atomic E-state index is 0.226. The normalized spacial score (nSPS) is 12.7. The maximum absolute atomic E-state index is 14.1. The average molecular weight is 383 g/mol. The van der Waals surface area contributed by atoms with E-state index in [0.717, 1.165) is 15.2 Å². The summed E-state index contributed by atoms with van der Waals surface area (Å²) >= 11 is 16.7. The van der Waals surface area contributed by atoms with Gasteiger partial charge in [-0.3, -0.25) is 0 Å². The van der Waals surface area contributed by atoms with E-state index in [9.17, 15) is 4.39 Å². The van der Waals surface area contributed by atoms with Crippen molar-refractivity contribution >= 4 is 50.5 Å². The Bertz CT molecular complexity index is 569. The predicted molar refractivity (Wildman–Crippen MR) is 84.0 cm³/mol. The van der Waals surface area contributed by atoms with Crippen LogP contribution < -0.4 is 5.32 Å². The molecule has 0 aliphatic carbocycles. The van der Waals surface area contributed by atoms with Crippen LogP contribution >= 0.6 is 50.5 Å². The fraction of sp³-hybridized carbons (Fsp3) is 0.231. The third-order valence-corrected chi connectivity index (χ3v) is 5.41. The van der Waals surface area contributed by atoms with Crippen LogP contribution in [0.3, 0.4) is 0 Å². The first-order valence-electron chi connectivity index (χ1n) is 5.66. The van der Waals surface area contributed by atoms with Gasteiger partial charge in [-0.05, 0) is 40.7 Å². The highest BCUT2D eigenvalue weighted by atomic mass is 79.9. The molecule has 1 nitrogen and oxygen atoms in total. The second kappa shape index (κ2) is 6.55. The molecule has 0 aliphatic rings. The lowest BCUT2D eigenvalue weighted by Gasteiger charge is -2.17. The van der Waals surface area contributed by atoms with Crippen molar-refractivity contribution < 1.29 is 4.39 Å². The number of hydrogen-bond acceptors (Lipinski definition) is 2. The Kier molecular flexibility index (Phi) is 5.26. The van der Waals surface area contributed by atoms with Crippen LogP contribution in [0.4, 0.5) is 4.39 Å². The van der Waals surface area contributed by atoms with Crippen LogP contribution in [-0.2, 0) is 0 Å². The van der Waals surface area contributed by atoms with Gasteiger partial charge in [0, 0.05) is 15.5 Å². The Labute approximate surface area is 133 Å². The zero-order valence-corrected chi connectivity index (χ0v) is 13.9. The van der Waals surface area contributed by atoms with Gasteiger partial charge < -0.3 is 5.32 Å². The number of thiophene rings is 1. The molecule has 2 rings (SSSR count). The quantitative estimate of drug-likeness (QED) is 0.719. The lowest BCUT2D eigenvalue weighted by molar-refractivity contribution is 0.563. The molecule has 0 saturated carbocycles. The standard InChI is InChI=1S/C13H11BrCl2FNS/c1-2-18-12(11-6-9(16)13(14)19-11)8-4-3-7(15)5-10(8)17/h3-6,12,18H,2H2,1H3. The minimum atomic E-state index is -0.320. The Morgan fingerprint density at radius 2 is 2.11 bits per heavy atom. The predicted octanol–water partition coefficient (Wildman–Crippen LogP) is 5.66. The van der Waals surface area contributed by atoms with Gasteiger partial charge in [0.15, 0.2) is 0 Å². The first-order chi connectivity index (χ1) is 9.02. The Hall–Kier alpha value is -0.130. The highest BCUT2D eigenvalue weighted by Crippen LogP contribution is 2.38. The molecule has 6 heteroatoms. The molecule has 1 aromatic carbocycles. The summed E-state index contributed by atoms with van der Waals surface area (Å²) < 4.78 is 14.9. The molecule has 0 spiro atoms. The Balaban J connectivity index is 2.44. The SMILES string of the molecule is CCNC(c1cc(Cl)c(Br)s1)c1ccc(Cl)cc1F. The van der Waals surface area contributed by atoms with Gasteiger partial charge in [-0.15, -0.1) is 11.3 Å². The van der Waals surface area contributed by atoms with Crippen molar-refractivity contribution in [1.82, 2.24) is 5.32 Å². The highest BCUT2D eigenvalue weighted by Gasteiger charge is 2.20. The van der Waals surface area contributed by atoms with Gasteiger partial charge >= 0.3 is 0 Å². The summed E-state index contributed by atoms with van der Waals surface area (Å²) in [6, 6.07) is 6.33. The summed E-state index contributed by atoms with van der Waals surface area (Å²) in [5.74, 6) is -0.320. The van der Waals surface area contributed by atoms with E-state index < -0.39 is 0 Å². The molecule has 1 atom stereocenters. The number of halogens is 4. The summed E-state index contributed by atoms with van der Waals surface area (Å²) in [7, 11) is 0. The molecule has 19 heavy (non-hydrogen) atoms. The van der Waals surface area contributed by atoms with Crippen molar-refractivity contribution in [2.24, 2.45) is 0 Å². The van der Waals surface area contributed by atoms with E-state index in [-0.39, 0.29) is 11.9 Å². The number of nitrogens with one attached hydrogen (secondary N) is 1. The maximum atomic E-state index is 14.1. The molecule has 0 aliphatic heterocycles. The molecule has 2 aromatic rings. The van der Waals surface area contributed by atoms with E-state index in [1.807, 2.05) is 13.0 Å². The summed E-state index contributed by atoms with van der Waals surface area (Å²) in [6.45, 7) is 2.70. The number of rotatable bonds is 4. The molecule has 0 saturated heterocycles. The molecule has 1 aromatic heterocycles. The molecule has 0 bridgehead atoms. The first kappa shape index (κ1) is 15.3. The van der Waals surface area contributed by atoms with Crippen molar-refractivity contribution in [1.29, 1.82) is 0 Å². The summed E-state index contributed by atoms with van der Waals surface area (Å²) in [4.78, 5) is 0.958. The monoisotopic (exact) mass is 381 g/mol.